The van der Waals surface area contributed by atoms with E-state index in [0.717, 1.165) is 0 Å². The lowest BCUT2D eigenvalue weighted by Gasteiger charge is -2.06. The van der Waals surface area contributed by atoms with E-state index in [9.17, 15) is 4.79 Å². The number of rotatable bonds is 2. The first-order valence-electron chi connectivity index (χ1n) is 3.48. The van der Waals surface area contributed by atoms with Gasteiger partial charge in [-0.3, -0.25) is 4.79 Å². The molecule has 3 nitrogen and oxygen atoms in total. The van der Waals surface area contributed by atoms with Crippen LogP contribution in [0.2, 0.25) is 0 Å². The molecule has 0 aliphatic heterocycles. The second kappa shape index (κ2) is 3.67. The molecule has 0 saturated carbocycles. The fraction of sp³-hybridized carbons (Fsp3) is 0.375. The lowest BCUT2D eigenvalue weighted by molar-refractivity contribution is 0.401. The Hall–Kier alpha value is -0.900. The monoisotopic (exact) mass is 185 g/mol. The molecule has 0 saturated heterocycles. The molecule has 0 fully saturated rings. The topological polar surface area (TPSA) is 31.2 Å². The molecular weight excluding hydrogens is 174 g/mol. The molecule has 4 heteroatoms. The van der Waals surface area contributed by atoms with Crippen molar-refractivity contribution in [2.45, 2.75) is 4.90 Å². The normalized spacial score (nSPS) is 9.92. The molecule has 0 bridgehead atoms. The number of pyridine rings is 1. The van der Waals surface area contributed by atoms with Gasteiger partial charge in [-0.2, -0.15) is 0 Å². The van der Waals surface area contributed by atoms with Gasteiger partial charge in [0.25, 0.3) is 5.56 Å². The van der Waals surface area contributed by atoms with Gasteiger partial charge >= 0.3 is 0 Å². The number of hydrogen-bond donors (Lipinski definition) is 0. The summed E-state index contributed by atoms with van der Waals surface area (Å²) in [5, 5.41) is 0. The molecule has 0 aromatic carbocycles. The fourth-order valence-electron chi connectivity index (χ4n) is 0.937. The van der Waals surface area contributed by atoms with E-state index in [0.29, 0.717) is 10.6 Å². The van der Waals surface area contributed by atoms with Crippen LogP contribution >= 0.6 is 11.8 Å². The number of methoxy groups -OCH3 is 1. The van der Waals surface area contributed by atoms with Gasteiger partial charge in [0.2, 0.25) is 0 Å². The average Bonchev–Trinajstić information content (AvgIpc) is 2.09. The smallest absolute Gasteiger partial charge is 0.267 e. The highest BCUT2D eigenvalue weighted by molar-refractivity contribution is 7.98. The minimum Gasteiger partial charge on any atom is -0.495 e. The van der Waals surface area contributed by atoms with Crippen LogP contribution in [0.25, 0.3) is 0 Å². The molecule has 0 aliphatic rings. The Labute approximate surface area is 75.4 Å². The van der Waals surface area contributed by atoms with Crippen LogP contribution in [-0.4, -0.2) is 17.9 Å². The first-order valence-corrected chi connectivity index (χ1v) is 4.70. The summed E-state index contributed by atoms with van der Waals surface area (Å²) in [5.41, 5.74) is -0.0122. The second-order valence-electron chi connectivity index (χ2n) is 2.33. The molecule has 0 atom stereocenters. The maximum Gasteiger partial charge on any atom is 0.267 e. The fourth-order valence-corrected chi connectivity index (χ4v) is 1.61. The third-order valence-electron chi connectivity index (χ3n) is 1.61. The van der Waals surface area contributed by atoms with Crippen molar-refractivity contribution in [3.05, 3.63) is 22.6 Å². The third kappa shape index (κ3) is 1.48. The number of hydrogen-bond acceptors (Lipinski definition) is 3. The molecule has 0 unspecified atom stereocenters. The van der Waals surface area contributed by atoms with Crippen molar-refractivity contribution in [1.82, 2.24) is 4.57 Å². The number of aromatic nitrogens is 1. The van der Waals surface area contributed by atoms with Crippen LogP contribution in [0.15, 0.2) is 22.0 Å². The summed E-state index contributed by atoms with van der Waals surface area (Å²) < 4.78 is 6.57. The van der Waals surface area contributed by atoms with Gasteiger partial charge in [-0.05, 0) is 12.3 Å². The Morgan fingerprint density at radius 3 is 2.75 bits per heavy atom. The van der Waals surface area contributed by atoms with Crippen molar-refractivity contribution in [2.24, 2.45) is 7.05 Å². The molecule has 1 rings (SSSR count). The molecule has 0 radical (unpaired) electrons. The first-order chi connectivity index (χ1) is 5.70. The maximum absolute atomic E-state index is 11.4. The minimum absolute atomic E-state index is 0.0122. The summed E-state index contributed by atoms with van der Waals surface area (Å²) in [5.74, 6) is 0.644. The first kappa shape index (κ1) is 9.19. The van der Waals surface area contributed by atoms with Gasteiger partial charge in [-0.1, -0.05) is 0 Å². The predicted octanol–water partition coefficient (Wildman–Crippen LogP) is 1.12. The van der Waals surface area contributed by atoms with Crippen molar-refractivity contribution in [3.63, 3.8) is 0 Å². The summed E-state index contributed by atoms with van der Waals surface area (Å²) in [4.78, 5) is 12.1. The standard InChI is InChI=1S/C8H11NO2S/c1-9-5-4-6(11-2)7(12-3)8(9)10/h4-5H,1-3H3. The highest BCUT2D eigenvalue weighted by Crippen LogP contribution is 2.22. The van der Waals surface area contributed by atoms with E-state index in [1.807, 2.05) is 6.26 Å². The predicted molar refractivity (Wildman–Crippen MR) is 50.0 cm³/mol. The van der Waals surface area contributed by atoms with Crippen LogP contribution < -0.4 is 10.3 Å². The Kier molecular flexibility index (Phi) is 2.81. The number of ether oxygens (including phenoxy) is 1. The Bertz CT molecular complexity index is 332. The minimum atomic E-state index is -0.0122. The Morgan fingerprint density at radius 1 is 1.58 bits per heavy atom. The SMILES string of the molecule is COc1ccn(C)c(=O)c1SC. The van der Waals surface area contributed by atoms with E-state index in [1.54, 1.807) is 26.4 Å². The second-order valence-corrected chi connectivity index (χ2v) is 3.15. The molecule has 1 aromatic heterocycles. The van der Waals surface area contributed by atoms with Crippen molar-refractivity contribution < 1.29 is 4.74 Å². The molecule has 0 amide bonds. The van der Waals surface area contributed by atoms with Crippen LogP contribution in [0.1, 0.15) is 0 Å². The van der Waals surface area contributed by atoms with Crippen molar-refractivity contribution >= 4 is 11.8 Å². The van der Waals surface area contributed by atoms with Crippen molar-refractivity contribution in [3.8, 4) is 5.75 Å². The molecule has 0 aliphatic carbocycles. The molecule has 0 N–H and O–H groups in total. The lowest BCUT2D eigenvalue weighted by atomic mass is 10.4. The molecular formula is C8H11NO2S. The lowest BCUT2D eigenvalue weighted by Crippen LogP contribution is -2.17. The number of thioether (sulfide) groups is 1. The summed E-state index contributed by atoms with van der Waals surface area (Å²) in [7, 11) is 3.29. The largest absolute Gasteiger partial charge is 0.495 e. The number of nitrogens with zero attached hydrogens (tertiary/aromatic N) is 1. The molecule has 1 aromatic rings. The Morgan fingerprint density at radius 2 is 2.25 bits per heavy atom. The van der Waals surface area contributed by atoms with E-state index >= 15 is 0 Å². The highest BCUT2D eigenvalue weighted by atomic mass is 32.2. The number of aryl methyl sites for hydroxylation is 1. The van der Waals surface area contributed by atoms with Crippen molar-refractivity contribution in [1.29, 1.82) is 0 Å². The summed E-state index contributed by atoms with van der Waals surface area (Å²) in [6.07, 6.45) is 3.56. The van der Waals surface area contributed by atoms with Crippen LogP contribution in [-0.2, 0) is 7.05 Å². The van der Waals surface area contributed by atoms with E-state index in [1.165, 1.54) is 16.3 Å². The Balaban J connectivity index is 3.36. The van der Waals surface area contributed by atoms with Gasteiger partial charge in [0.05, 0.1) is 7.11 Å². The van der Waals surface area contributed by atoms with E-state index < -0.39 is 0 Å². The zero-order valence-electron chi connectivity index (χ0n) is 7.33. The van der Waals surface area contributed by atoms with E-state index in [2.05, 4.69) is 0 Å². The molecule has 66 valence electrons. The van der Waals surface area contributed by atoms with Gasteiger partial charge in [0.15, 0.2) is 0 Å². The van der Waals surface area contributed by atoms with Gasteiger partial charge < -0.3 is 9.30 Å². The van der Waals surface area contributed by atoms with Gasteiger partial charge in [-0.15, -0.1) is 11.8 Å². The van der Waals surface area contributed by atoms with Gasteiger partial charge in [-0.25, -0.2) is 0 Å². The van der Waals surface area contributed by atoms with Crippen LogP contribution in [0, 0.1) is 0 Å². The van der Waals surface area contributed by atoms with E-state index in [-0.39, 0.29) is 5.56 Å². The summed E-state index contributed by atoms with van der Waals surface area (Å²) >= 11 is 1.40. The maximum atomic E-state index is 11.4. The van der Waals surface area contributed by atoms with Crippen LogP contribution in [0.4, 0.5) is 0 Å². The van der Waals surface area contributed by atoms with E-state index in [4.69, 9.17) is 4.74 Å². The highest BCUT2D eigenvalue weighted by Gasteiger charge is 2.06. The third-order valence-corrected chi connectivity index (χ3v) is 2.40. The molecule has 1 heterocycles. The molecule has 0 spiro atoms. The van der Waals surface area contributed by atoms with Crippen molar-refractivity contribution in [2.75, 3.05) is 13.4 Å². The quantitative estimate of drug-likeness (QED) is 0.647. The molecule has 12 heavy (non-hydrogen) atoms. The van der Waals surface area contributed by atoms with Gasteiger partial charge in [0.1, 0.15) is 10.6 Å². The zero-order chi connectivity index (χ0) is 9.14. The van der Waals surface area contributed by atoms with Crippen LogP contribution in [0.5, 0.6) is 5.75 Å². The summed E-state index contributed by atoms with van der Waals surface area (Å²) in [6.45, 7) is 0. The van der Waals surface area contributed by atoms with Gasteiger partial charge in [0, 0.05) is 13.2 Å². The zero-order valence-corrected chi connectivity index (χ0v) is 8.14. The average molecular weight is 185 g/mol. The summed E-state index contributed by atoms with van der Waals surface area (Å²) in [6, 6.07) is 1.78. The van der Waals surface area contributed by atoms with Crippen LogP contribution in [0.3, 0.4) is 0 Å².